The van der Waals surface area contributed by atoms with Crippen LogP contribution >= 0.6 is 15.9 Å². The Kier molecular flexibility index (Phi) is 8.14. The van der Waals surface area contributed by atoms with E-state index in [0.717, 1.165) is 23.3 Å². The number of hydrazone groups is 1. The van der Waals surface area contributed by atoms with Crippen molar-refractivity contribution in [2.75, 3.05) is 12.0 Å². The van der Waals surface area contributed by atoms with Crippen molar-refractivity contribution < 1.29 is 19.3 Å². The number of halogens is 1. The number of ether oxygens (including phenoxy) is 2. The molecule has 10 nitrogen and oxygen atoms in total. The third kappa shape index (κ3) is 6.29. The predicted molar refractivity (Wildman–Crippen MR) is 132 cm³/mol. The number of benzene rings is 3. The molecule has 0 saturated heterocycles. The molecule has 3 aromatic carbocycles. The first-order chi connectivity index (χ1) is 16.3. The van der Waals surface area contributed by atoms with Crippen LogP contribution in [0, 0.1) is 27.2 Å². The summed E-state index contributed by atoms with van der Waals surface area (Å²) in [6.07, 6.45) is 1.45. The van der Waals surface area contributed by atoms with Gasteiger partial charge in [0.05, 0.1) is 33.2 Å². The van der Waals surface area contributed by atoms with Crippen LogP contribution in [0.1, 0.15) is 23.6 Å². The average Bonchev–Trinajstić information content (AvgIpc) is 2.80. The summed E-state index contributed by atoms with van der Waals surface area (Å²) in [4.78, 5) is 20.7. The number of nitrogens with one attached hydrogen (secondary N) is 1. The monoisotopic (exact) mass is 528 g/mol. The van der Waals surface area contributed by atoms with Gasteiger partial charge in [0.2, 0.25) is 0 Å². The van der Waals surface area contributed by atoms with E-state index in [-0.39, 0.29) is 11.4 Å². The van der Waals surface area contributed by atoms with Gasteiger partial charge in [-0.2, -0.15) is 5.10 Å². The van der Waals surface area contributed by atoms with Gasteiger partial charge in [-0.1, -0.05) is 29.8 Å². The third-order valence-corrected chi connectivity index (χ3v) is 5.21. The van der Waals surface area contributed by atoms with Crippen LogP contribution in [0.2, 0.25) is 0 Å². The van der Waals surface area contributed by atoms with Crippen LogP contribution < -0.4 is 14.9 Å². The number of aryl methyl sites for hydroxylation is 1. The molecule has 0 aliphatic heterocycles. The summed E-state index contributed by atoms with van der Waals surface area (Å²) in [5.74, 6) is 1.05. The average molecular weight is 529 g/mol. The van der Waals surface area contributed by atoms with Gasteiger partial charge < -0.3 is 9.47 Å². The molecular weight excluding hydrogens is 508 g/mol. The molecule has 11 heteroatoms. The summed E-state index contributed by atoms with van der Waals surface area (Å²) in [7, 11) is 0. The van der Waals surface area contributed by atoms with E-state index in [4.69, 9.17) is 9.47 Å². The van der Waals surface area contributed by atoms with Gasteiger partial charge in [-0.15, -0.1) is 0 Å². The quantitative estimate of drug-likeness (QED) is 0.194. The van der Waals surface area contributed by atoms with Crippen molar-refractivity contribution in [3.63, 3.8) is 0 Å². The molecule has 0 unspecified atom stereocenters. The molecule has 0 spiro atoms. The van der Waals surface area contributed by atoms with Gasteiger partial charge in [-0.3, -0.25) is 25.7 Å². The topological polar surface area (TPSA) is 129 Å². The zero-order valence-corrected chi connectivity index (χ0v) is 19.9. The van der Waals surface area contributed by atoms with Crippen molar-refractivity contribution in [3.8, 4) is 11.5 Å². The molecule has 0 aliphatic carbocycles. The maximum Gasteiger partial charge on any atom is 0.301 e. The lowest BCUT2D eigenvalue weighted by molar-refractivity contribution is -0.393. The fourth-order valence-electron chi connectivity index (χ4n) is 2.96. The summed E-state index contributed by atoms with van der Waals surface area (Å²) in [5, 5.41) is 26.2. The van der Waals surface area contributed by atoms with Crippen LogP contribution in [0.4, 0.5) is 17.1 Å². The molecular formula is C23H21BrN4O6. The van der Waals surface area contributed by atoms with Crippen molar-refractivity contribution in [3.05, 3.63) is 96.0 Å². The smallest absolute Gasteiger partial charge is 0.301 e. The van der Waals surface area contributed by atoms with E-state index in [0.29, 0.717) is 34.7 Å². The Balaban J connectivity index is 1.79. The van der Waals surface area contributed by atoms with Gasteiger partial charge in [-0.25, -0.2) is 0 Å². The van der Waals surface area contributed by atoms with Crippen LogP contribution in [-0.4, -0.2) is 22.7 Å². The summed E-state index contributed by atoms with van der Waals surface area (Å²) < 4.78 is 12.4. The molecule has 0 fully saturated rings. The fraction of sp³-hybridized carbons (Fsp3) is 0.174. The number of non-ortho nitro benzene ring substituents is 1. The first kappa shape index (κ1) is 24.6. The van der Waals surface area contributed by atoms with Crippen molar-refractivity contribution in [2.24, 2.45) is 5.10 Å². The van der Waals surface area contributed by atoms with Gasteiger partial charge >= 0.3 is 5.69 Å². The maximum atomic E-state index is 11.3. The van der Waals surface area contributed by atoms with E-state index < -0.39 is 15.5 Å². The van der Waals surface area contributed by atoms with E-state index in [1.165, 1.54) is 12.3 Å². The van der Waals surface area contributed by atoms with Crippen molar-refractivity contribution in [1.29, 1.82) is 0 Å². The Morgan fingerprint density at radius 3 is 2.41 bits per heavy atom. The van der Waals surface area contributed by atoms with Gasteiger partial charge in [-0.05, 0) is 59.1 Å². The molecule has 176 valence electrons. The third-order valence-electron chi connectivity index (χ3n) is 4.62. The van der Waals surface area contributed by atoms with Crippen LogP contribution in [0.25, 0.3) is 0 Å². The van der Waals surface area contributed by atoms with E-state index in [1.807, 2.05) is 38.1 Å². The minimum absolute atomic E-state index is 0.0222. The van der Waals surface area contributed by atoms with Crippen molar-refractivity contribution in [1.82, 2.24) is 0 Å². The molecule has 0 amide bonds. The number of anilines is 1. The molecule has 1 N–H and O–H groups in total. The zero-order chi connectivity index (χ0) is 24.7. The lowest BCUT2D eigenvalue weighted by atomic mass is 10.1. The van der Waals surface area contributed by atoms with Crippen molar-refractivity contribution >= 4 is 39.2 Å². The summed E-state index contributed by atoms with van der Waals surface area (Å²) in [6, 6.07) is 14.8. The van der Waals surface area contributed by atoms with Crippen LogP contribution in [0.3, 0.4) is 0 Å². The zero-order valence-electron chi connectivity index (χ0n) is 18.4. The Hall–Kier alpha value is -3.99. The predicted octanol–water partition coefficient (Wildman–Crippen LogP) is 6.00. The standard InChI is InChI=1S/C23H21BrN4O6/c1-3-33-22-11-17(10-19(24)23(22)34-14-16-6-4-15(2)5-7-16)13-25-26-20-9-8-18(27(29)30)12-21(20)28(31)32/h4-13,26H,3,14H2,1-2H3/b25-13+. The molecule has 0 saturated carbocycles. The number of nitro benzene ring substituents is 2. The molecule has 3 rings (SSSR count). The Morgan fingerprint density at radius 1 is 1.03 bits per heavy atom. The number of nitrogens with zero attached hydrogens (tertiary/aromatic N) is 3. The highest BCUT2D eigenvalue weighted by molar-refractivity contribution is 9.10. The van der Waals surface area contributed by atoms with Crippen LogP contribution in [0.5, 0.6) is 11.5 Å². The second-order valence-corrected chi connectivity index (χ2v) is 7.98. The largest absolute Gasteiger partial charge is 0.490 e. The Labute approximate surface area is 203 Å². The maximum absolute atomic E-state index is 11.3. The van der Waals surface area contributed by atoms with E-state index >= 15 is 0 Å². The second-order valence-electron chi connectivity index (χ2n) is 7.12. The number of hydrogen-bond acceptors (Lipinski definition) is 8. The summed E-state index contributed by atoms with van der Waals surface area (Å²) in [6.45, 7) is 4.65. The number of nitro groups is 2. The highest BCUT2D eigenvalue weighted by Crippen LogP contribution is 2.37. The molecule has 0 aromatic heterocycles. The van der Waals surface area contributed by atoms with E-state index in [1.54, 1.807) is 12.1 Å². The van der Waals surface area contributed by atoms with Gasteiger partial charge in [0.1, 0.15) is 12.3 Å². The number of hydrogen-bond donors (Lipinski definition) is 1. The van der Waals surface area contributed by atoms with Gasteiger partial charge in [0.25, 0.3) is 5.69 Å². The summed E-state index contributed by atoms with van der Waals surface area (Å²) in [5.41, 5.74) is 4.56. The van der Waals surface area contributed by atoms with Crippen LogP contribution in [-0.2, 0) is 6.61 Å². The lowest BCUT2D eigenvalue weighted by Crippen LogP contribution is -2.02. The Morgan fingerprint density at radius 2 is 1.76 bits per heavy atom. The van der Waals surface area contributed by atoms with Crippen molar-refractivity contribution in [2.45, 2.75) is 20.5 Å². The highest BCUT2D eigenvalue weighted by atomic mass is 79.9. The highest BCUT2D eigenvalue weighted by Gasteiger charge is 2.19. The molecule has 0 heterocycles. The molecule has 34 heavy (non-hydrogen) atoms. The first-order valence-electron chi connectivity index (χ1n) is 10.1. The minimum Gasteiger partial charge on any atom is -0.490 e. The summed E-state index contributed by atoms with van der Waals surface area (Å²) >= 11 is 3.50. The molecule has 0 bridgehead atoms. The van der Waals surface area contributed by atoms with Gasteiger partial charge in [0, 0.05) is 6.07 Å². The van der Waals surface area contributed by atoms with E-state index in [9.17, 15) is 20.2 Å². The Bertz CT molecular complexity index is 1230. The fourth-order valence-corrected chi connectivity index (χ4v) is 3.54. The minimum atomic E-state index is -0.713. The molecule has 0 atom stereocenters. The molecule has 0 aliphatic rings. The van der Waals surface area contributed by atoms with E-state index in [2.05, 4.69) is 26.5 Å². The van der Waals surface area contributed by atoms with Gasteiger partial charge in [0.15, 0.2) is 11.5 Å². The van der Waals surface area contributed by atoms with Crippen LogP contribution in [0.15, 0.2) is 64.2 Å². The SMILES string of the molecule is CCOc1cc(/C=N/Nc2ccc([N+](=O)[O-])cc2[N+](=O)[O-])cc(Br)c1OCc1ccc(C)cc1. The first-order valence-corrected chi connectivity index (χ1v) is 10.9. The normalized spacial score (nSPS) is 10.8. The molecule has 3 aromatic rings. The molecule has 0 radical (unpaired) electrons. The lowest BCUT2D eigenvalue weighted by Gasteiger charge is -2.15. The second kappa shape index (κ2) is 11.2. The number of rotatable bonds is 10.